The maximum Gasteiger partial charge on any atom is 0.132 e. The highest BCUT2D eigenvalue weighted by atomic mass is 15.2. The molecule has 0 aliphatic carbocycles. The van der Waals surface area contributed by atoms with Crippen LogP contribution in [0, 0.1) is 25.2 Å². The van der Waals surface area contributed by atoms with Crippen LogP contribution < -0.4 is 4.90 Å². The molecule has 0 atom stereocenters. The third-order valence-corrected chi connectivity index (χ3v) is 2.33. The molecule has 1 rings (SSSR count). The fourth-order valence-electron chi connectivity index (χ4n) is 1.65. The number of aryl methyl sites for hydroxylation is 2. The number of nitrogens with zero attached hydrogens (tertiary/aromatic N) is 4. The van der Waals surface area contributed by atoms with Crippen molar-refractivity contribution < 1.29 is 0 Å². The summed E-state index contributed by atoms with van der Waals surface area (Å²) in [5, 5.41) is 8.64. The van der Waals surface area contributed by atoms with Gasteiger partial charge in [-0.2, -0.15) is 5.26 Å². The fraction of sp³-hybridized carbons (Fsp3) is 0.583. The van der Waals surface area contributed by atoms with Gasteiger partial charge in [0.25, 0.3) is 0 Å². The van der Waals surface area contributed by atoms with Gasteiger partial charge in [0.1, 0.15) is 11.6 Å². The van der Waals surface area contributed by atoms with Crippen LogP contribution in [0.5, 0.6) is 0 Å². The predicted molar refractivity (Wildman–Crippen MR) is 64.2 cm³/mol. The summed E-state index contributed by atoms with van der Waals surface area (Å²) in [5.41, 5.74) is 0.963. The zero-order valence-electron chi connectivity index (χ0n) is 10.4. The van der Waals surface area contributed by atoms with Crippen molar-refractivity contribution in [3.63, 3.8) is 0 Å². The van der Waals surface area contributed by atoms with Crippen molar-refractivity contribution in [1.29, 1.82) is 5.26 Å². The molecule has 1 aromatic heterocycles. The average molecular weight is 218 g/mol. The zero-order valence-corrected chi connectivity index (χ0v) is 10.4. The molecule has 16 heavy (non-hydrogen) atoms. The summed E-state index contributed by atoms with van der Waals surface area (Å²) in [5.74, 6) is 1.69. The summed E-state index contributed by atoms with van der Waals surface area (Å²) in [4.78, 5) is 10.8. The highest BCUT2D eigenvalue weighted by molar-refractivity contribution is 5.40. The third kappa shape index (κ3) is 3.20. The summed E-state index contributed by atoms with van der Waals surface area (Å²) in [7, 11) is 0. The Morgan fingerprint density at radius 2 is 2.06 bits per heavy atom. The summed E-state index contributed by atoms with van der Waals surface area (Å²) < 4.78 is 0. The standard InChI is InChI=1S/C12H18N4/c1-9(2)16(7-5-6-13)12-8-10(3)14-11(4)15-12/h8-9H,5,7H2,1-4H3. The molecule has 86 valence electrons. The first kappa shape index (κ1) is 12.4. The quantitative estimate of drug-likeness (QED) is 0.777. The maximum absolute atomic E-state index is 8.64. The Morgan fingerprint density at radius 1 is 1.38 bits per heavy atom. The normalized spacial score (nSPS) is 10.2. The first-order valence-corrected chi connectivity index (χ1v) is 5.50. The van der Waals surface area contributed by atoms with E-state index < -0.39 is 0 Å². The van der Waals surface area contributed by atoms with Gasteiger partial charge in [-0.15, -0.1) is 0 Å². The summed E-state index contributed by atoms with van der Waals surface area (Å²) in [6, 6.07) is 4.46. The molecule has 4 heteroatoms. The van der Waals surface area contributed by atoms with Gasteiger partial charge in [-0.25, -0.2) is 9.97 Å². The monoisotopic (exact) mass is 218 g/mol. The second-order valence-corrected chi connectivity index (χ2v) is 4.11. The van der Waals surface area contributed by atoms with Crippen LogP contribution in [0.3, 0.4) is 0 Å². The Labute approximate surface area is 96.9 Å². The van der Waals surface area contributed by atoms with E-state index in [2.05, 4.69) is 34.8 Å². The Hall–Kier alpha value is -1.63. The van der Waals surface area contributed by atoms with E-state index in [4.69, 9.17) is 5.26 Å². The number of nitriles is 1. The predicted octanol–water partition coefficient (Wildman–Crippen LogP) is 2.22. The van der Waals surface area contributed by atoms with Gasteiger partial charge in [0.05, 0.1) is 12.5 Å². The van der Waals surface area contributed by atoms with Crippen molar-refractivity contribution in [2.45, 2.75) is 40.2 Å². The van der Waals surface area contributed by atoms with E-state index in [-0.39, 0.29) is 0 Å². The number of hydrogen-bond acceptors (Lipinski definition) is 4. The molecular weight excluding hydrogens is 200 g/mol. The largest absolute Gasteiger partial charge is 0.353 e. The zero-order chi connectivity index (χ0) is 12.1. The summed E-state index contributed by atoms with van der Waals surface area (Å²) in [6.45, 7) is 8.76. The van der Waals surface area contributed by atoms with Crippen LogP contribution in [-0.2, 0) is 0 Å². The number of anilines is 1. The van der Waals surface area contributed by atoms with Gasteiger partial charge in [0, 0.05) is 24.3 Å². The second kappa shape index (κ2) is 5.45. The molecule has 0 amide bonds. The molecule has 0 aromatic carbocycles. The molecule has 0 fully saturated rings. The van der Waals surface area contributed by atoms with Crippen LogP contribution in [0.2, 0.25) is 0 Å². The minimum Gasteiger partial charge on any atom is -0.353 e. The average Bonchev–Trinajstić information content (AvgIpc) is 2.16. The first-order valence-electron chi connectivity index (χ1n) is 5.50. The lowest BCUT2D eigenvalue weighted by Crippen LogP contribution is -2.32. The number of hydrogen-bond donors (Lipinski definition) is 0. The van der Waals surface area contributed by atoms with E-state index in [9.17, 15) is 0 Å². The SMILES string of the molecule is Cc1cc(N(CCC#N)C(C)C)nc(C)n1. The van der Waals surface area contributed by atoms with E-state index in [0.29, 0.717) is 19.0 Å². The van der Waals surface area contributed by atoms with E-state index in [0.717, 1.165) is 17.3 Å². The number of rotatable bonds is 4. The molecule has 0 radical (unpaired) electrons. The van der Waals surface area contributed by atoms with Crippen molar-refractivity contribution in [2.24, 2.45) is 0 Å². The number of aromatic nitrogens is 2. The van der Waals surface area contributed by atoms with Crippen molar-refractivity contribution in [3.8, 4) is 6.07 Å². The van der Waals surface area contributed by atoms with E-state index >= 15 is 0 Å². The summed E-state index contributed by atoms with van der Waals surface area (Å²) in [6.07, 6.45) is 0.514. The van der Waals surface area contributed by atoms with Gasteiger partial charge in [-0.1, -0.05) is 0 Å². The molecule has 0 saturated carbocycles. The Kier molecular flexibility index (Phi) is 4.24. The van der Waals surface area contributed by atoms with Crippen LogP contribution in [0.1, 0.15) is 31.8 Å². The van der Waals surface area contributed by atoms with Crippen LogP contribution >= 0.6 is 0 Å². The van der Waals surface area contributed by atoms with Gasteiger partial charge in [-0.05, 0) is 27.7 Å². The first-order chi connectivity index (χ1) is 7.54. The van der Waals surface area contributed by atoms with Gasteiger partial charge < -0.3 is 4.90 Å². The smallest absolute Gasteiger partial charge is 0.132 e. The molecule has 1 aromatic rings. The van der Waals surface area contributed by atoms with Crippen molar-refractivity contribution >= 4 is 5.82 Å². The van der Waals surface area contributed by atoms with Crippen LogP contribution in [-0.4, -0.2) is 22.6 Å². The van der Waals surface area contributed by atoms with E-state index in [1.165, 1.54) is 0 Å². The lowest BCUT2D eigenvalue weighted by molar-refractivity contribution is 0.673. The van der Waals surface area contributed by atoms with Gasteiger partial charge >= 0.3 is 0 Å². The van der Waals surface area contributed by atoms with Crippen molar-refractivity contribution in [2.75, 3.05) is 11.4 Å². The molecule has 1 heterocycles. The molecule has 0 bridgehead atoms. The molecule has 0 N–H and O–H groups in total. The minimum absolute atomic E-state index is 0.335. The van der Waals surface area contributed by atoms with Crippen molar-refractivity contribution in [3.05, 3.63) is 17.6 Å². The van der Waals surface area contributed by atoms with Gasteiger partial charge in [0.2, 0.25) is 0 Å². The Morgan fingerprint density at radius 3 is 2.56 bits per heavy atom. The molecule has 0 spiro atoms. The van der Waals surface area contributed by atoms with Gasteiger partial charge in [-0.3, -0.25) is 0 Å². The highest BCUT2D eigenvalue weighted by Gasteiger charge is 2.12. The van der Waals surface area contributed by atoms with Crippen LogP contribution in [0.4, 0.5) is 5.82 Å². The lowest BCUT2D eigenvalue weighted by Gasteiger charge is -2.27. The topological polar surface area (TPSA) is 52.8 Å². The van der Waals surface area contributed by atoms with Crippen LogP contribution in [0.25, 0.3) is 0 Å². The van der Waals surface area contributed by atoms with Crippen molar-refractivity contribution in [1.82, 2.24) is 9.97 Å². The van der Waals surface area contributed by atoms with E-state index in [1.807, 2.05) is 19.9 Å². The summed E-state index contributed by atoms with van der Waals surface area (Å²) >= 11 is 0. The highest BCUT2D eigenvalue weighted by Crippen LogP contribution is 2.15. The van der Waals surface area contributed by atoms with Crippen LogP contribution in [0.15, 0.2) is 6.07 Å². The third-order valence-electron chi connectivity index (χ3n) is 2.33. The molecule has 0 unspecified atom stereocenters. The molecule has 0 saturated heterocycles. The lowest BCUT2D eigenvalue weighted by atomic mass is 10.2. The molecule has 4 nitrogen and oxygen atoms in total. The maximum atomic E-state index is 8.64. The second-order valence-electron chi connectivity index (χ2n) is 4.11. The Bertz CT molecular complexity index is 372. The molecule has 0 aliphatic heterocycles. The fourth-order valence-corrected chi connectivity index (χ4v) is 1.65. The Balaban J connectivity index is 2.96. The molecule has 0 aliphatic rings. The minimum atomic E-state index is 0.335. The molecular formula is C12H18N4. The van der Waals surface area contributed by atoms with Gasteiger partial charge in [0.15, 0.2) is 0 Å². The van der Waals surface area contributed by atoms with E-state index in [1.54, 1.807) is 0 Å².